The molecule has 2 bridgehead atoms. The maximum atomic E-state index is 12.5. The number of anilines is 3. The van der Waals surface area contributed by atoms with Crippen molar-refractivity contribution in [1.82, 2.24) is 20.2 Å². The van der Waals surface area contributed by atoms with Crippen LogP contribution in [0, 0.1) is 0 Å². The smallest absolute Gasteiger partial charge is 0.259 e. The Kier molecular flexibility index (Phi) is 7.33. The first-order valence-corrected chi connectivity index (χ1v) is 10.7. The molecule has 1 aromatic carbocycles. The Morgan fingerprint density at radius 3 is 2.88 bits per heavy atom. The lowest BCUT2D eigenvalue weighted by Gasteiger charge is -2.21. The monoisotopic (exact) mass is 453 g/mol. The van der Waals surface area contributed by atoms with E-state index in [1.165, 1.54) is 6.33 Å². The summed E-state index contributed by atoms with van der Waals surface area (Å²) in [5.41, 5.74) is 1.77. The molecule has 0 fully saturated rings. The minimum absolute atomic E-state index is 0.0921. The second kappa shape index (κ2) is 10.7. The molecular weight excluding hydrogens is 426 g/mol. The van der Waals surface area contributed by atoms with Gasteiger partial charge in [-0.15, -0.1) is 0 Å². The number of rotatable bonds is 3. The van der Waals surface area contributed by atoms with Crippen molar-refractivity contribution in [1.29, 1.82) is 0 Å². The topological polar surface area (TPSA) is 130 Å². The first-order valence-electron chi connectivity index (χ1n) is 10.7. The van der Waals surface area contributed by atoms with Crippen molar-refractivity contribution >= 4 is 34.7 Å². The van der Waals surface area contributed by atoms with E-state index in [0.29, 0.717) is 67.9 Å². The predicted octanol–water partition coefficient (Wildman–Crippen LogP) is 0.751. The van der Waals surface area contributed by atoms with Gasteiger partial charge in [-0.2, -0.15) is 0 Å². The third kappa shape index (κ3) is 5.76. The van der Waals surface area contributed by atoms with Crippen LogP contribution in [-0.4, -0.2) is 79.7 Å². The second-order valence-electron chi connectivity index (χ2n) is 7.52. The van der Waals surface area contributed by atoms with Crippen LogP contribution in [-0.2, 0) is 14.3 Å². The van der Waals surface area contributed by atoms with Gasteiger partial charge in [0.1, 0.15) is 30.3 Å². The third-order valence-corrected chi connectivity index (χ3v) is 5.21. The van der Waals surface area contributed by atoms with Crippen LogP contribution in [0.2, 0.25) is 0 Å². The lowest BCUT2D eigenvalue weighted by Crippen LogP contribution is -2.41. The van der Waals surface area contributed by atoms with Crippen LogP contribution in [0.4, 0.5) is 17.3 Å². The third-order valence-electron chi connectivity index (χ3n) is 5.21. The molecular formula is C22H27N7O4. The Morgan fingerprint density at radius 1 is 1.15 bits per heavy atom. The van der Waals surface area contributed by atoms with Gasteiger partial charge in [0.05, 0.1) is 24.3 Å². The number of fused-ring (bicyclic) bond motifs is 2. The molecule has 2 aliphatic rings. The Labute approximate surface area is 191 Å². The van der Waals surface area contributed by atoms with Crippen LogP contribution in [0.3, 0.4) is 0 Å². The minimum atomic E-state index is -0.271. The summed E-state index contributed by atoms with van der Waals surface area (Å²) in [6, 6.07) is 7.45. The molecule has 1 aromatic heterocycles. The fourth-order valence-electron chi connectivity index (χ4n) is 3.55. The number of amides is 2. The van der Waals surface area contributed by atoms with Crippen LogP contribution < -0.4 is 26.0 Å². The molecule has 2 aliphatic heterocycles. The first kappa shape index (κ1) is 22.5. The van der Waals surface area contributed by atoms with Gasteiger partial charge in [-0.05, 0) is 12.1 Å². The largest absolute Gasteiger partial charge is 0.492 e. The van der Waals surface area contributed by atoms with Gasteiger partial charge in [-0.25, -0.2) is 9.97 Å². The normalized spacial score (nSPS) is 18.8. The van der Waals surface area contributed by atoms with Gasteiger partial charge in [-0.3, -0.25) is 14.5 Å². The highest BCUT2D eigenvalue weighted by atomic mass is 16.5. The van der Waals surface area contributed by atoms with Gasteiger partial charge in [0.15, 0.2) is 0 Å². The van der Waals surface area contributed by atoms with E-state index in [1.54, 1.807) is 13.3 Å². The summed E-state index contributed by atoms with van der Waals surface area (Å²) in [5, 5.41) is 12.0. The van der Waals surface area contributed by atoms with Crippen LogP contribution in [0.1, 0.15) is 5.56 Å². The average Bonchev–Trinajstić information content (AvgIpc) is 3.14. The van der Waals surface area contributed by atoms with E-state index in [1.807, 2.05) is 29.2 Å². The second-order valence-corrected chi connectivity index (χ2v) is 7.52. The molecule has 0 spiro atoms. The molecule has 0 radical (unpaired) electrons. The molecule has 0 saturated carbocycles. The van der Waals surface area contributed by atoms with Gasteiger partial charge >= 0.3 is 0 Å². The van der Waals surface area contributed by atoms with Crippen molar-refractivity contribution in [3.8, 4) is 5.75 Å². The van der Waals surface area contributed by atoms with Crippen molar-refractivity contribution in [3.63, 3.8) is 0 Å². The van der Waals surface area contributed by atoms with Crippen molar-refractivity contribution in [2.45, 2.75) is 0 Å². The summed E-state index contributed by atoms with van der Waals surface area (Å²) >= 11 is 0. The Balaban J connectivity index is 1.58. The number of carbonyl (C=O) groups is 2. The number of carbonyl (C=O) groups excluding carboxylic acids is 2. The standard InChI is InChI=1S/C22H27N7O4/c1-32-9-7-29-8-10-33-16-4-2-3-15(11-16)25-12-17-19-20(24-6-5-23-18(30)13-29)26-14-27-21(19)28-22(17)31/h2-4,11-12,14,25H,5-10,13H2,1H3,(H,23,30)(H2,24,26,27,28,31)/b17-12-. The van der Waals surface area contributed by atoms with E-state index in [4.69, 9.17) is 9.47 Å². The average molecular weight is 454 g/mol. The Morgan fingerprint density at radius 2 is 2.00 bits per heavy atom. The van der Waals surface area contributed by atoms with Crippen LogP contribution in [0.5, 0.6) is 5.75 Å². The molecule has 174 valence electrons. The molecule has 3 heterocycles. The summed E-state index contributed by atoms with van der Waals surface area (Å²) in [4.78, 5) is 35.4. The number of nitrogens with one attached hydrogen (secondary N) is 4. The zero-order valence-electron chi connectivity index (χ0n) is 18.4. The molecule has 0 aliphatic carbocycles. The quantitative estimate of drug-likeness (QED) is 0.532. The van der Waals surface area contributed by atoms with Crippen LogP contribution in [0.25, 0.3) is 5.57 Å². The molecule has 11 heteroatoms. The number of hydrogen-bond donors (Lipinski definition) is 4. The molecule has 4 N–H and O–H groups in total. The highest BCUT2D eigenvalue weighted by molar-refractivity contribution is 6.32. The highest BCUT2D eigenvalue weighted by Crippen LogP contribution is 2.34. The summed E-state index contributed by atoms with van der Waals surface area (Å²) in [6.45, 7) is 3.21. The molecule has 0 unspecified atom stereocenters. The van der Waals surface area contributed by atoms with Crippen LogP contribution >= 0.6 is 0 Å². The summed E-state index contributed by atoms with van der Waals surface area (Å²) in [6.07, 6.45) is 3.02. The van der Waals surface area contributed by atoms with E-state index in [-0.39, 0.29) is 18.4 Å². The maximum absolute atomic E-state index is 12.5. The van der Waals surface area contributed by atoms with E-state index in [9.17, 15) is 9.59 Å². The number of ether oxygens (including phenoxy) is 2. The van der Waals surface area contributed by atoms with Gasteiger partial charge in [-0.1, -0.05) is 6.07 Å². The minimum Gasteiger partial charge on any atom is -0.492 e. The predicted molar refractivity (Wildman–Crippen MR) is 124 cm³/mol. The highest BCUT2D eigenvalue weighted by Gasteiger charge is 2.29. The lowest BCUT2D eigenvalue weighted by atomic mass is 10.1. The zero-order chi connectivity index (χ0) is 23.0. The summed E-state index contributed by atoms with van der Waals surface area (Å²) < 4.78 is 11.1. The lowest BCUT2D eigenvalue weighted by molar-refractivity contribution is -0.122. The first-order chi connectivity index (χ1) is 16.1. The van der Waals surface area contributed by atoms with Gasteiger partial charge in [0.2, 0.25) is 5.91 Å². The van der Waals surface area contributed by atoms with Crippen LogP contribution in [0.15, 0.2) is 36.8 Å². The number of aromatic nitrogens is 2. The SMILES string of the molecule is COCCN1CCOc2cccc(c2)N/C=C2\C(=O)Nc3ncnc(c32)NCCNC(=O)C1. The van der Waals surface area contributed by atoms with Gasteiger partial charge in [0, 0.05) is 51.2 Å². The number of nitrogens with zero attached hydrogens (tertiary/aromatic N) is 3. The molecule has 4 rings (SSSR count). The molecule has 2 aromatic rings. The fraction of sp³-hybridized carbons (Fsp3) is 0.364. The molecule has 33 heavy (non-hydrogen) atoms. The van der Waals surface area contributed by atoms with E-state index in [0.717, 1.165) is 5.69 Å². The fourth-order valence-corrected chi connectivity index (χ4v) is 3.55. The van der Waals surface area contributed by atoms with Gasteiger partial charge in [0.25, 0.3) is 5.91 Å². The van der Waals surface area contributed by atoms with Crippen molar-refractivity contribution in [2.75, 3.05) is 69.0 Å². The van der Waals surface area contributed by atoms with Crippen molar-refractivity contribution in [2.24, 2.45) is 0 Å². The van der Waals surface area contributed by atoms with Gasteiger partial charge < -0.3 is 30.7 Å². The van der Waals surface area contributed by atoms with E-state index < -0.39 is 0 Å². The van der Waals surface area contributed by atoms with E-state index in [2.05, 4.69) is 31.2 Å². The number of benzene rings is 1. The zero-order valence-corrected chi connectivity index (χ0v) is 18.4. The summed E-state index contributed by atoms with van der Waals surface area (Å²) in [5.74, 6) is 1.27. The molecule has 0 atom stereocenters. The van der Waals surface area contributed by atoms with Crippen molar-refractivity contribution < 1.29 is 19.1 Å². The Hall–Kier alpha value is -3.70. The van der Waals surface area contributed by atoms with E-state index >= 15 is 0 Å². The Bertz CT molecular complexity index is 1040. The maximum Gasteiger partial charge on any atom is 0.259 e. The molecule has 0 saturated heterocycles. The summed E-state index contributed by atoms with van der Waals surface area (Å²) in [7, 11) is 1.63. The number of methoxy groups -OCH3 is 1. The molecule has 2 amide bonds. The number of hydrogen-bond acceptors (Lipinski definition) is 9. The molecule has 11 nitrogen and oxygen atoms in total. The van der Waals surface area contributed by atoms with Crippen molar-refractivity contribution in [3.05, 3.63) is 42.4 Å².